The van der Waals surface area contributed by atoms with Gasteiger partial charge in [-0.25, -0.2) is 9.97 Å². The smallest absolute Gasteiger partial charge is 0.231 e. The van der Waals surface area contributed by atoms with Crippen LogP contribution in [0.15, 0.2) is 54.6 Å². The molecule has 3 aromatic rings. The summed E-state index contributed by atoms with van der Waals surface area (Å²) in [7, 11) is 0. The lowest BCUT2D eigenvalue weighted by atomic mass is 10.2. The van der Waals surface area contributed by atoms with Gasteiger partial charge in [0.2, 0.25) is 6.79 Å². The van der Waals surface area contributed by atoms with Crippen LogP contribution in [0.4, 0.5) is 17.3 Å². The van der Waals surface area contributed by atoms with Gasteiger partial charge in [-0.3, -0.25) is 0 Å². The van der Waals surface area contributed by atoms with Crippen molar-refractivity contribution in [2.75, 3.05) is 23.6 Å². The Morgan fingerprint density at radius 3 is 2.63 bits per heavy atom. The van der Waals surface area contributed by atoms with Gasteiger partial charge in [0.25, 0.3) is 0 Å². The molecule has 0 unspecified atom stereocenters. The van der Waals surface area contributed by atoms with E-state index >= 15 is 0 Å². The summed E-state index contributed by atoms with van der Waals surface area (Å²) >= 11 is 0. The van der Waals surface area contributed by atoms with E-state index in [0.717, 1.165) is 46.8 Å². The van der Waals surface area contributed by atoms with Crippen molar-refractivity contribution < 1.29 is 9.47 Å². The van der Waals surface area contributed by atoms with Crippen molar-refractivity contribution in [2.24, 2.45) is 0 Å². The molecule has 0 bridgehead atoms. The van der Waals surface area contributed by atoms with Crippen LogP contribution in [-0.2, 0) is 6.54 Å². The molecule has 6 nitrogen and oxygen atoms in total. The van der Waals surface area contributed by atoms with E-state index in [0.29, 0.717) is 6.54 Å². The number of aryl methyl sites for hydroxylation is 1. The zero-order chi connectivity index (χ0) is 18.6. The number of benzene rings is 2. The van der Waals surface area contributed by atoms with Gasteiger partial charge in [0, 0.05) is 24.8 Å². The van der Waals surface area contributed by atoms with Crippen LogP contribution >= 0.6 is 0 Å². The highest BCUT2D eigenvalue weighted by Gasteiger charge is 2.14. The highest BCUT2D eigenvalue weighted by atomic mass is 16.7. The first kappa shape index (κ1) is 17.1. The summed E-state index contributed by atoms with van der Waals surface area (Å²) in [6, 6.07) is 18.2. The minimum Gasteiger partial charge on any atom is -0.454 e. The molecule has 1 aliphatic heterocycles. The van der Waals surface area contributed by atoms with Gasteiger partial charge in [0.05, 0.1) is 0 Å². The van der Waals surface area contributed by atoms with E-state index in [9.17, 15) is 0 Å². The van der Waals surface area contributed by atoms with Crippen LogP contribution in [0.2, 0.25) is 0 Å². The van der Waals surface area contributed by atoms with Crippen LogP contribution in [0.25, 0.3) is 0 Å². The van der Waals surface area contributed by atoms with E-state index in [2.05, 4.69) is 39.2 Å². The van der Waals surface area contributed by atoms with Crippen LogP contribution in [0, 0.1) is 6.92 Å². The topological polar surface area (TPSA) is 59.5 Å². The van der Waals surface area contributed by atoms with Gasteiger partial charge in [-0.1, -0.05) is 24.3 Å². The molecule has 2 aromatic carbocycles. The van der Waals surface area contributed by atoms with Gasteiger partial charge in [-0.2, -0.15) is 0 Å². The highest BCUT2D eigenvalue weighted by Crippen LogP contribution is 2.32. The summed E-state index contributed by atoms with van der Waals surface area (Å²) in [5, 5.41) is 3.39. The molecule has 1 N–H and O–H groups in total. The van der Waals surface area contributed by atoms with Crippen LogP contribution in [0.5, 0.6) is 11.5 Å². The second kappa shape index (κ2) is 7.53. The minimum atomic E-state index is 0.285. The van der Waals surface area contributed by atoms with Gasteiger partial charge in [0.1, 0.15) is 17.5 Å². The molecule has 0 amide bonds. The van der Waals surface area contributed by atoms with Crippen LogP contribution < -0.4 is 19.7 Å². The fourth-order valence-corrected chi connectivity index (χ4v) is 3.11. The third kappa shape index (κ3) is 3.79. The normalized spacial score (nSPS) is 12.1. The fraction of sp³-hybridized carbons (Fsp3) is 0.238. The Morgan fingerprint density at radius 2 is 1.81 bits per heavy atom. The Morgan fingerprint density at radius 1 is 1.00 bits per heavy atom. The molecule has 0 saturated heterocycles. The Bertz CT molecular complexity index is 931. The quantitative estimate of drug-likeness (QED) is 0.706. The number of para-hydroxylation sites is 1. The molecule has 0 saturated carbocycles. The second-order valence-corrected chi connectivity index (χ2v) is 6.28. The van der Waals surface area contributed by atoms with Crippen molar-refractivity contribution in [1.29, 1.82) is 0 Å². The van der Waals surface area contributed by atoms with Crippen molar-refractivity contribution in [3.8, 4) is 11.5 Å². The van der Waals surface area contributed by atoms with Crippen molar-refractivity contribution in [3.63, 3.8) is 0 Å². The number of anilines is 3. The summed E-state index contributed by atoms with van der Waals surface area (Å²) in [6.07, 6.45) is 0. The summed E-state index contributed by atoms with van der Waals surface area (Å²) < 4.78 is 10.8. The molecule has 4 rings (SSSR count). The average molecular weight is 362 g/mol. The van der Waals surface area contributed by atoms with E-state index in [4.69, 9.17) is 9.47 Å². The molecule has 0 atom stereocenters. The average Bonchev–Trinajstić information content (AvgIpc) is 3.15. The maximum absolute atomic E-state index is 5.44. The number of nitrogens with zero attached hydrogens (tertiary/aromatic N) is 3. The molecule has 6 heteroatoms. The maximum Gasteiger partial charge on any atom is 0.231 e. The largest absolute Gasteiger partial charge is 0.454 e. The van der Waals surface area contributed by atoms with Crippen LogP contribution in [-0.4, -0.2) is 23.3 Å². The fourth-order valence-electron chi connectivity index (χ4n) is 3.11. The zero-order valence-corrected chi connectivity index (χ0v) is 15.5. The van der Waals surface area contributed by atoms with Crippen LogP contribution in [0.3, 0.4) is 0 Å². The molecule has 2 heterocycles. The number of nitrogens with one attached hydrogen (secondary N) is 1. The molecule has 138 valence electrons. The number of aromatic nitrogens is 2. The molecule has 1 aromatic heterocycles. The van der Waals surface area contributed by atoms with Crippen molar-refractivity contribution in [3.05, 3.63) is 66.0 Å². The van der Waals surface area contributed by atoms with Gasteiger partial charge in [0.15, 0.2) is 11.5 Å². The Hall–Kier alpha value is -3.28. The molecule has 0 aliphatic carbocycles. The lowest BCUT2D eigenvalue weighted by Gasteiger charge is -2.23. The van der Waals surface area contributed by atoms with Gasteiger partial charge < -0.3 is 19.7 Å². The molecule has 0 fully saturated rings. The number of hydrogen-bond donors (Lipinski definition) is 1. The summed E-state index contributed by atoms with van der Waals surface area (Å²) in [4.78, 5) is 11.3. The van der Waals surface area contributed by atoms with Crippen molar-refractivity contribution in [1.82, 2.24) is 9.97 Å². The first-order valence-corrected chi connectivity index (χ1v) is 9.03. The number of fused-ring (bicyclic) bond motifs is 1. The first-order valence-electron chi connectivity index (χ1n) is 9.03. The SMILES string of the molecule is CCN(c1ccccc1)c1cc(NCc2ccc3c(c2)OCO3)nc(C)n1. The van der Waals surface area contributed by atoms with Crippen LogP contribution in [0.1, 0.15) is 18.3 Å². The lowest BCUT2D eigenvalue weighted by Crippen LogP contribution is -2.18. The predicted molar refractivity (Wildman–Crippen MR) is 106 cm³/mol. The highest BCUT2D eigenvalue weighted by molar-refractivity contribution is 5.62. The summed E-state index contributed by atoms with van der Waals surface area (Å²) in [6.45, 7) is 5.78. The second-order valence-electron chi connectivity index (χ2n) is 6.28. The van der Waals surface area contributed by atoms with Gasteiger partial charge in [-0.05, 0) is 43.7 Å². The van der Waals surface area contributed by atoms with E-state index in [-0.39, 0.29) is 6.79 Å². The van der Waals surface area contributed by atoms with E-state index in [1.807, 2.05) is 49.4 Å². The molecule has 1 aliphatic rings. The Labute approximate surface area is 158 Å². The first-order chi connectivity index (χ1) is 13.2. The Kier molecular flexibility index (Phi) is 4.78. The minimum absolute atomic E-state index is 0.285. The molecule has 0 radical (unpaired) electrons. The van der Waals surface area contributed by atoms with Gasteiger partial charge >= 0.3 is 0 Å². The van der Waals surface area contributed by atoms with E-state index in [1.165, 1.54) is 0 Å². The molecule has 27 heavy (non-hydrogen) atoms. The van der Waals surface area contributed by atoms with E-state index in [1.54, 1.807) is 0 Å². The number of ether oxygens (including phenoxy) is 2. The Balaban J connectivity index is 1.53. The van der Waals surface area contributed by atoms with Crippen molar-refractivity contribution >= 4 is 17.3 Å². The van der Waals surface area contributed by atoms with Crippen molar-refractivity contribution in [2.45, 2.75) is 20.4 Å². The summed E-state index contributed by atoms with van der Waals surface area (Å²) in [5.74, 6) is 3.99. The third-order valence-electron chi connectivity index (χ3n) is 4.40. The predicted octanol–water partition coefficient (Wildman–Crippen LogP) is 4.28. The summed E-state index contributed by atoms with van der Waals surface area (Å²) in [5.41, 5.74) is 2.22. The monoisotopic (exact) mass is 362 g/mol. The number of hydrogen-bond acceptors (Lipinski definition) is 6. The zero-order valence-electron chi connectivity index (χ0n) is 15.5. The molecule has 0 spiro atoms. The third-order valence-corrected chi connectivity index (χ3v) is 4.40. The maximum atomic E-state index is 5.44. The molecular formula is C21H22N4O2. The lowest BCUT2D eigenvalue weighted by molar-refractivity contribution is 0.174. The molecular weight excluding hydrogens is 340 g/mol. The number of rotatable bonds is 6. The van der Waals surface area contributed by atoms with Gasteiger partial charge in [-0.15, -0.1) is 0 Å². The van der Waals surface area contributed by atoms with E-state index < -0.39 is 0 Å². The standard InChI is InChI=1S/C21H22N4O2/c1-3-25(17-7-5-4-6-8-17)21-12-20(23-15(2)24-21)22-13-16-9-10-18-19(11-16)27-14-26-18/h4-12H,3,13-14H2,1-2H3,(H,22,23,24).